The Morgan fingerprint density at radius 3 is 2.88 bits per heavy atom. The molecule has 0 bridgehead atoms. The number of carbonyl (C=O) groups is 1. The molecule has 1 atom stereocenters. The van der Waals surface area contributed by atoms with Gasteiger partial charge in [0.15, 0.2) is 5.76 Å². The van der Waals surface area contributed by atoms with Gasteiger partial charge < -0.3 is 15.2 Å². The van der Waals surface area contributed by atoms with Crippen LogP contribution >= 0.6 is 0 Å². The molecular weight excluding hydrogens is 218 g/mol. The van der Waals surface area contributed by atoms with E-state index < -0.39 is 0 Å². The third kappa shape index (κ3) is 5.22. The van der Waals surface area contributed by atoms with Gasteiger partial charge in [0.25, 0.3) is 5.91 Å². The lowest BCUT2D eigenvalue weighted by atomic mass is 9.87. The highest BCUT2D eigenvalue weighted by atomic mass is 16.5. The first-order valence-corrected chi connectivity index (χ1v) is 6.20. The molecule has 1 heterocycles. The van der Waals surface area contributed by atoms with Crippen molar-refractivity contribution < 1.29 is 14.6 Å². The molecule has 0 aromatic rings. The van der Waals surface area contributed by atoms with Crippen molar-refractivity contribution in [2.45, 2.75) is 46.1 Å². The van der Waals surface area contributed by atoms with Gasteiger partial charge in [-0.05, 0) is 37.7 Å². The van der Waals surface area contributed by atoms with Crippen molar-refractivity contribution >= 4 is 5.91 Å². The Kier molecular flexibility index (Phi) is 5.00. The van der Waals surface area contributed by atoms with Crippen molar-refractivity contribution in [1.29, 1.82) is 0 Å². The average molecular weight is 241 g/mol. The Hall–Kier alpha value is -1.03. The van der Waals surface area contributed by atoms with Crippen LogP contribution in [0.2, 0.25) is 0 Å². The van der Waals surface area contributed by atoms with Crippen LogP contribution in [0.15, 0.2) is 11.8 Å². The number of amides is 1. The van der Waals surface area contributed by atoms with Gasteiger partial charge in [-0.3, -0.25) is 4.79 Å². The highest BCUT2D eigenvalue weighted by Gasteiger charge is 2.22. The molecule has 0 aromatic heterocycles. The number of aliphatic hydroxyl groups is 1. The normalized spacial score (nSPS) is 18.0. The smallest absolute Gasteiger partial charge is 0.286 e. The number of ether oxygens (including phenoxy) is 1. The van der Waals surface area contributed by atoms with E-state index in [-0.39, 0.29) is 17.4 Å². The van der Waals surface area contributed by atoms with Gasteiger partial charge in [0.05, 0.1) is 12.7 Å². The average Bonchev–Trinajstić information content (AvgIpc) is 2.25. The first-order chi connectivity index (χ1) is 7.91. The van der Waals surface area contributed by atoms with Crippen LogP contribution in [0.3, 0.4) is 0 Å². The van der Waals surface area contributed by atoms with E-state index in [1.54, 1.807) is 6.92 Å². The second kappa shape index (κ2) is 6.05. The molecule has 0 aliphatic carbocycles. The van der Waals surface area contributed by atoms with Crippen LogP contribution in [0.5, 0.6) is 0 Å². The molecule has 17 heavy (non-hydrogen) atoms. The molecule has 98 valence electrons. The molecule has 0 spiro atoms. The van der Waals surface area contributed by atoms with Crippen LogP contribution in [-0.4, -0.2) is 30.3 Å². The quantitative estimate of drug-likeness (QED) is 0.768. The number of aliphatic hydroxyl groups excluding tert-OH is 1. The molecule has 1 amide bonds. The van der Waals surface area contributed by atoms with Crippen LogP contribution in [0, 0.1) is 5.41 Å². The SMILES string of the molecule is CC(O)CC(C)(C)CNC(=O)C1=CCCCO1. The third-order valence-corrected chi connectivity index (χ3v) is 2.74. The predicted molar refractivity (Wildman–Crippen MR) is 66.4 cm³/mol. The van der Waals surface area contributed by atoms with Gasteiger partial charge in [-0.15, -0.1) is 0 Å². The second-order valence-corrected chi connectivity index (χ2v) is 5.46. The van der Waals surface area contributed by atoms with Crippen LogP contribution in [0.1, 0.15) is 40.0 Å². The minimum Gasteiger partial charge on any atom is -0.488 e. The lowest BCUT2D eigenvalue weighted by molar-refractivity contribution is -0.121. The van der Waals surface area contributed by atoms with Crippen molar-refractivity contribution in [2.75, 3.05) is 13.2 Å². The molecule has 4 nitrogen and oxygen atoms in total. The van der Waals surface area contributed by atoms with E-state index in [2.05, 4.69) is 5.32 Å². The van der Waals surface area contributed by atoms with Gasteiger partial charge in [0.1, 0.15) is 0 Å². The maximum Gasteiger partial charge on any atom is 0.286 e. The van der Waals surface area contributed by atoms with Crippen LogP contribution in [0.4, 0.5) is 0 Å². The van der Waals surface area contributed by atoms with Gasteiger partial charge >= 0.3 is 0 Å². The van der Waals surface area contributed by atoms with E-state index in [9.17, 15) is 9.90 Å². The Bertz CT molecular complexity index is 295. The zero-order valence-corrected chi connectivity index (χ0v) is 11.0. The first kappa shape index (κ1) is 14.0. The van der Waals surface area contributed by atoms with Gasteiger partial charge in [0, 0.05) is 6.54 Å². The van der Waals surface area contributed by atoms with E-state index in [1.165, 1.54) is 0 Å². The van der Waals surface area contributed by atoms with Crippen LogP contribution in [0.25, 0.3) is 0 Å². The van der Waals surface area contributed by atoms with Gasteiger partial charge in [0.2, 0.25) is 0 Å². The Labute approximate surface area is 103 Å². The molecule has 1 unspecified atom stereocenters. The van der Waals surface area contributed by atoms with Crippen molar-refractivity contribution in [2.24, 2.45) is 5.41 Å². The summed E-state index contributed by atoms with van der Waals surface area (Å²) in [7, 11) is 0. The fourth-order valence-corrected chi connectivity index (χ4v) is 1.99. The number of nitrogens with one attached hydrogen (secondary N) is 1. The summed E-state index contributed by atoms with van der Waals surface area (Å²) in [6.07, 6.45) is 4.02. The Balaban J connectivity index is 2.39. The monoisotopic (exact) mass is 241 g/mol. The number of hydrogen-bond acceptors (Lipinski definition) is 3. The highest BCUT2D eigenvalue weighted by Crippen LogP contribution is 2.21. The zero-order valence-electron chi connectivity index (χ0n) is 11.0. The predicted octanol–water partition coefficient (Wildman–Crippen LogP) is 1.59. The maximum absolute atomic E-state index is 11.8. The fourth-order valence-electron chi connectivity index (χ4n) is 1.99. The maximum atomic E-state index is 11.8. The van der Waals surface area contributed by atoms with Crippen molar-refractivity contribution in [3.8, 4) is 0 Å². The molecular formula is C13H23NO3. The van der Waals surface area contributed by atoms with Gasteiger partial charge in [-0.2, -0.15) is 0 Å². The molecule has 0 aromatic carbocycles. The van der Waals surface area contributed by atoms with Crippen molar-refractivity contribution in [3.05, 3.63) is 11.8 Å². The van der Waals surface area contributed by atoms with E-state index >= 15 is 0 Å². The molecule has 1 rings (SSSR count). The number of allylic oxidation sites excluding steroid dienone is 1. The summed E-state index contributed by atoms with van der Waals surface area (Å²) >= 11 is 0. The number of carbonyl (C=O) groups excluding carboxylic acids is 1. The standard InChI is InChI=1S/C13H23NO3/c1-10(15)8-13(2,3)9-14-12(16)11-6-4-5-7-17-11/h6,10,15H,4-5,7-9H2,1-3H3,(H,14,16). The zero-order chi connectivity index (χ0) is 12.9. The summed E-state index contributed by atoms with van der Waals surface area (Å²) in [4.78, 5) is 11.8. The number of hydrogen-bond donors (Lipinski definition) is 2. The summed E-state index contributed by atoms with van der Waals surface area (Å²) in [5, 5.41) is 12.2. The van der Waals surface area contributed by atoms with Crippen molar-refractivity contribution in [3.63, 3.8) is 0 Å². The molecule has 0 saturated heterocycles. The molecule has 0 radical (unpaired) electrons. The van der Waals surface area contributed by atoms with Gasteiger partial charge in [-0.1, -0.05) is 13.8 Å². The molecule has 0 fully saturated rings. The van der Waals surface area contributed by atoms with Crippen LogP contribution < -0.4 is 5.32 Å². The Morgan fingerprint density at radius 2 is 2.35 bits per heavy atom. The molecule has 0 saturated carbocycles. The Morgan fingerprint density at radius 1 is 1.65 bits per heavy atom. The fraction of sp³-hybridized carbons (Fsp3) is 0.769. The minimum absolute atomic E-state index is 0.112. The molecule has 2 N–H and O–H groups in total. The molecule has 1 aliphatic heterocycles. The largest absolute Gasteiger partial charge is 0.488 e. The summed E-state index contributed by atoms with van der Waals surface area (Å²) in [5.41, 5.74) is -0.112. The van der Waals surface area contributed by atoms with Crippen LogP contribution in [-0.2, 0) is 9.53 Å². The first-order valence-electron chi connectivity index (χ1n) is 6.20. The molecule has 1 aliphatic rings. The van der Waals surface area contributed by atoms with Crippen molar-refractivity contribution in [1.82, 2.24) is 5.32 Å². The summed E-state index contributed by atoms with van der Waals surface area (Å²) in [5.74, 6) is 0.285. The highest BCUT2D eigenvalue weighted by molar-refractivity contribution is 5.91. The topological polar surface area (TPSA) is 58.6 Å². The van der Waals surface area contributed by atoms with Gasteiger partial charge in [-0.25, -0.2) is 0 Å². The van der Waals surface area contributed by atoms with E-state index in [1.807, 2.05) is 19.9 Å². The van der Waals surface area contributed by atoms with E-state index in [0.717, 1.165) is 12.8 Å². The third-order valence-electron chi connectivity index (χ3n) is 2.74. The summed E-state index contributed by atoms with van der Waals surface area (Å²) in [6, 6.07) is 0. The minimum atomic E-state index is -0.355. The van der Waals surface area contributed by atoms with E-state index in [4.69, 9.17) is 4.74 Å². The lowest BCUT2D eigenvalue weighted by Gasteiger charge is -2.26. The lowest BCUT2D eigenvalue weighted by Crippen LogP contribution is -2.37. The number of rotatable bonds is 5. The molecule has 4 heteroatoms. The summed E-state index contributed by atoms with van der Waals surface area (Å²) < 4.78 is 5.29. The van der Waals surface area contributed by atoms with E-state index in [0.29, 0.717) is 25.3 Å². The second-order valence-electron chi connectivity index (χ2n) is 5.46. The summed E-state index contributed by atoms with van der Waals surface area (Å²) in [6.45, 7) is 6.97.